The smallest absolute Gasteiger partial charge is 0.130 e. The number of halogens is 2. The molecular weight excluding hydrogens is 217 g/mol. The molecule has 84 valence electrons. The van der Waals surface area contributed by atoms with Gasteiger partial charge in [-0.2, -0.15) is 0 Å². The largest absolute Gasteiger partial charge is 0.372 e. The van der Waals surface area contributed by atoms with Crippen LogP contribution in [0.15, 0.2) is 18.2 Å². The van der Waals surface area contributed by atoms with Gasteiger partial charge in [-0.1, -0.05) is 17.7 Å². The van der Waals surface area contributed by atoms with E-state index in [9.17, 15) is 4.39 Å². The summed E-state index contributed by atoms with van der Waals surface area (Å²) in [6.07, 6.45) is 0.0330. The molecule has 0 aromatic heterocycles. The summed E-state index contributed by atoms with van der Waals surface area (Å²) in [4.78, 5) is 0. The Morgan fingerprint density at radius 3 is 2.87 bits per heavy atom. The van der Waals surface area contributed by atoms with Crippen molar-refractivity contribution in [2.45, 2.75) is 19.6 Å². The Bertz CT molecular complexity index is 299. The monoisotopic (exact) mass is 231 g/mol. The van der Waals surface area contributed by atoms with Gasteiger partial charge in [0.25, 0.3) is 0 Å². The minimum Gasteiger partial charge on any atom is -0.372 e. The molecular formula is C11H15ClFNO. The number of hydrogen-bond acceptors (Lipinski definition) is 2. The molecule has 1 N–H and O–H groups in total. The van der Waals surface area contributed by atoms with Gasteiger partial charge in [-0.25, -0.2) is 4.39 Å². The first-order chi connectivity index (χ1) is 7.15. The first-order valence-electron chi connectivity index (χ1n) is 4.84. The van der Waals surface area contributed by atoms with Crippen LogP contribution < -0.4 is 5.32 Å². The van der Waals surface area contributed by atoms with Crippen molar-refractivity contribution < 1.29 is 9.13 Å². The highest BCUT2D eigenvalue weighted by Gasteiger charge is 2.08. The number of ether oxygens (including phenoxy) is 1. The van der Waals surface area contributed by atoms with Gasteiger partial charge in [0.15, 0.2) is 0 Å². The van der Waals surface area contributed by atoms with Gasteiger partial charge in [0.1, 0.15) is 5.82 Å². The van der Waals surface area contributed by atoms with Crippen LogP contribution in [0.5, 0.6) is 0 Å². The minimum absolute atomic E-state index is 0.0330. The predicted octanol–water partition coefficient (Wildman–Crippen LogP) is 2.60. The summed E-state index contributed by atoms with van der Waals surface area (Å²) in [7, 11) is 1.84. The molecule has 1 aromatic rings. The van der Waals surface area contributed by atoms with E-state index >= 15 is 0 Å². The van der Waals surface area contributed by atoms with Gasteiger partial charge in [0, 0.05) is 17.1 Å². The minimum atomic E-state index is -0.320. The fraction of sp³-hybridized carbons (Fsp3) is 0.455. The van der Waals surface area contributed by atoms with E-state index in [4.69, 9.17) is 16.3 Å². The second-order valence-corrected chi connectivity index (χ2v) is 3.79. The van der Waals surface area contributed by atoms with Crippen molar-refractivity contribution >= 4 is 11.6 Å². The summed E-state index contributed by atoms with van der Waals surface area (Å²) < 4.78 is 18.7. The molecule has 0 saturated heterocycles. The Balaban J connectivity index is 2.57. The third-order valence-electron chi connectivity index (χ3n) is 2.07. The number of benzene rings is 1. The molecule has 0 aliphatic rings. The van der Waals surface area contributed by atoms with Crippen LogP contribution in [0.4, 0.5) is 4.39 Å². The van der Waals surface area contributed by atoms with Crippen molar-refractivity contribution in [2.75, 3.05) is 13.6 Å². The second kappa shape index (κ2) is 6.05. The van der Waals surface area contributed by atoms with Crippen LogP contribution in [0.25, 0.3) is 0 Å². The van der Waals surface area contributed by atoms with E-state index < -0.39 is 0 Å². The molecule has 2 nitrogen and oxygen atoms in total. The highest BCUT2D eigenvalue weighted by Crippen LogP contribution is 2.20. The van der Waals surface area contributed by atoms with Crippen molar-refractivity contribution in [3.8, 4) is 0 Å². The van der Waals surface area contributed by atoms with Crippen LogP contribution >= 0.6 is 11.6 Å². The molecule has 0 aliphatic heterocycles. The normalized spacial score (nSPS) is 12.8. The lowest BCUT2D eigenvalue weighted by molar-refractivity contribution is 0.0529. The highest BCUT2D eigenvalue weighted by atomic mass is 35.5. The number of hydrogen-bond donors (Lipinski definition) is 1. The van der Waals surface area contributed by atoms with Crippen molar-refractivity contribution in [1.82, 2.24) is 5.32 Å². The molecule has 0 heterocycles. The maximum atomic E-state index is 13.3. The lowest BCUT2D eigenvalue weighted by Crippen LogP contribution is -2.23. The Morgan fingerprint density at radius 1 is 1.53 bits per heavy atom. The topological polar surface area (TPSA) is 21.3 Å². The van der Waals surface area contributed by atoms with E-state index in [-0.39, 0.29) is 18.5 Å². The Hall–Kier alpha value is -0.640. The van der Waals surface area contributed by atoms with Crippen molar-refractivity contribution in [2.24, 2.45) is 0 Å². The van der Waals surface area contributed by atoms with E-state index in [2.05, 4.69) is 5.32 Å². The summed E-state index contributed by atoms with van der Waals surface area (Å²) in [6, 6.07) is 4.62. The van der Waals surface area contributed by atoms with E-state index in [1.54, 1.807) is 12.1 Å². The molecule has 15 heavy (non-hydrogen) atoms. The fourth-order valence-electron chi connectivity index (χ4n) is 1.24. The Morgan fingerprint density at radius 2 is 2.27 bits per heavy atom. The first-order valence-corrected chi connectivity index (χ1v) is 5.22. The quantitative estimate of drug-likeness (QED) is 0.841. The molecule has 0 radical (unpaired) electrons. The van der Waals surface area contributed by atoms with Gasteiger partial charge in [-0.15, -0.1) is 0 Å². The Kier molecular flexibility index (Phi) is 5.02. The average Bonchev–Trinajstić information content (AvgIpc) is 2.17. The average molecular weight is 232 g/mol. The van der Waals surface area contributed by atoms with E-state index in [0.29, 0.717) is 10.6 Å². The molecule has 1 rings (SSSR count). The molecule has 0 fully saturated rings. The van der Waals surface area contributed by atoms with Crippen molar-refractivity contribution in [3.05, 3.63) is 34.6 Å². The maximum Gasteiger partial charge on any atom is 0.130 e. The molecule has 4 heteroatoms. The van der Waals surface area contributed by atoms with Crippen LogP contribution in [0.2, 0.25) is 5.02 Å². The molecule has 0 bridgehead atoms. The zero-order valence-corrected chi connectivity index (χ0v) is 9.64. The van der Waals surface area contributed by atoms with Crippen LogP contribution in [-0.4, -0.2) is 19.7 Å². The molecule has 0 spiro atoms. The van der Waals surface area contributed by atoms with Crippen molar-refractivity contribution in [3.63, 3.8) is 0 Å². The van der Waals surface area contributed by atoms with E-state index in [1.165, 1.54) is 6.07 Å². The third-order valence-corrected chi connectivity index (χ3v) is 2.42. The lowest BCUT2D eigenvalue weighted by Gasteiger charge is -2.13. The molecule has 0 amide bonds. The molecule has 1 aromatic carbocycles. The lowest BCUT2D eigenvalue weighted by atomic mass is 10.2. The fourth-order valence-corrected chi connectivity index (χ4v) is 1.46. The molecule has 0 aliphatic carbocycles. The van der Waals surface area contributed by atoms with E-state index in [0.717, 1.165) is 6.54 Å². The van der Waals surface area contributed by atoms with Crippen LogP contribution in [-0.2, 0) is 11.3 Å². The van der Waals surface area contributed by atoms with Gasteiger partial charge in [-0.3, -0.25) is 0 Å². The number of rotatable bonds is 5. The zero-order chi connectivity index (χ0) is 11.3. The highest BCUT2D eigenvalue weighted by molar-refractivity contribution is 6.31. The molecule has 1 atom stereocenters. The van der Waals surface area contributed by atoms with Crippen LogP contribution in [0.3, 0.4) is 0 Å². The second-order valence-electron chi connectivity index (χ2n) is 3.38. The van der Waals surface area contributed by atoms with E-state index in [1.807, 2.05) is 14.0 Å². The molecule has 1 unspecified atom stereocenters. The standard InChI is InChI=1S/C11H15ClFNO/c1-8(6-14-2)15-7-9-10(12)4-3-5-11(9)13/h3-5,8,14H,6-7H2,1-2H3. The first kappa shape index (κ1) is 12.4. The number of likely N-dealkylation sites (N-methyl/N-ethyl adjacent to an activating group) is 1. The zero-order valence-electron chi connectivity index (χ0n) is 8.89. The predicted molar refractivity (Wildman–Crippen MR) is 59.6 cm³/mol. The van der Waals surface area contributed by atoms with Gasteiger partial charge in [0.2, 0.25) is 0 Å². The third kappa shape index (κ3) is 3.78. The maximum absolute atomic E-state index is 13.3. The number of nitrogens with one attached hydrogen (secondary N) is 1. The Labute approximate surface area is 94.4 Å². The van der Waals surface area contributed by atoms with Gasteiger partial charge < -0.3 is 10.1 Å². The summed E-state index contributed by atoms with van der Waals surface area (Å²) >= 11 is 5.85. The summed E-state index contributed by atoms with van der Waals surface area (Å²) in [5.41, 5.74) is 0.419. The molecule has 0 saturated carbocycles. The van der Waals surface area contributed by atoms with Gasteiger partial charge >= 0.3 is 0 Å². The van der Waals surface area contributed by atoms with Gasteiger partial charge in [-0.05, 0) is 26.1 Å². The summed E-state index contributed by atoms with van der Waals surface area (Å²) in [5, 5.41) is 3.39. The van der Waals surface area contributed by atoms with Gasteiger partial charge in [0.05, 0.1) is 12.7 Å². The van der Waals surface area contributed by atoms with Crippen LogP contribution in [0.1, 0.15) is 12.5 Å². The summed E-state index contributed by atoms with van der Waals surface area (Å²) in [5.74, 6) is -0.320. The van der Waals surface area contributed by atoms with Crippen molar-refractivity contribution in [1.29, 1.82) is 0 Å². The SMILES string of the molecule is CNCC(C)OCc1c(F)cccc1Cl. The van der Waals surface area contributed by atoms with Crippen LogP contribution in [0, 0.1) is 5.82 Å². The summed E-state index contributed by atoms with van der Waals surface area (Å²) in [6.45, 7) is 2.85.